The van der Waals surface area contributed by atoms with Crippen LogP contribution in [-0.4, -0.2) is 43.6 Å². The minimum absolute atomic E-state index is 0.184. The van der Waals surface area contributed by atoms with Crippen LogP contribution in [0.3, 0.4) is 0 Å². The molecule has 0 saturated carbocycles. The molecule has 0 aliphatic carbocycles. The van der Waals surface area contributed by atoms with Crippen molar-refractivity contribution in [1.82, 2.24) is 9.62 Å². The highest BCUT2D eigenvalue weighted by atomic mass is 32.2. The van der Waals surface area contributed by atoms with E-state index in [1.54, 1.807) is 4.31 Å². The molecule has 2 unspecified atom stereocenters. The molecular formula is C10H20N2O2S. The highest BCUT2D eigenvalue weighted by molar-refractivity contribution is 7.89. The lowest BCUT2D eigenvalue weighted by Gasteiger charge is -2.39. The van der Waals surface area contributed by atoms with Crippen molar-refractivity contribution in [2.45, 2.75) is 44.7 Å². The van der Waals surface area contributed by atoms with Gasteiger partial charge in [-0.05, 0) is 39.2 Å². The standard InChI is InChI=1S/C10H20N2O2S/c1-9-10(5-4-6-11-9)12-7-2-3-8-15(12,13)14/h9-11H,2-8H2,1H3. The molecule has 0 spiro atoms. The second-order valence-corrected chi connectivity index (χ2v) is 6.63. The number of nitrogens with zero attached hydrogens (tertiary/aromatic N) is 1. The molecule has 2 saturated heterocycles. The van der Waals surface area contributed by atoms with Gasteiger partial charge in [-0.15, -0.1) is 0 Å². The summed E-state index contributed by atoms with van der Waals surface area (Å²) >= 11 is 0. The summed E-state index contributed by atoms with van der Waals surface area (Å²) in [6.45, 7) is 3.83. The Morgan fingerprint density at radius 1 is 1.27 bits per heavy atom. The fourth-order valence-electron chi connectivity index (χ4n) is 2.60. The number of hydrogen-bond acceptors (Lipinski definition) is 3. The van der Waals surface area contributed by atoms with Crippen LogP contribution in [-0.2, 0) is 10.0 Å². The van der Waals surface area contributed by atoms with E-state index in [-0.39, 0.29) is 6.04 Å². The first-order valence-electron chi connectivity index (χ1n) is 5.84. The molecule has 2 rings (SSSR count). The molecule has 2 atom stereocenters. The molecule has 2 aliphatic rings. The van der Waals surface area contributed by atoms with Crippen LogP contribution in [0.1, 0.15) is 32.6 Å². The topological polar surface area (TPSA) is 49.4 Å². The van der Waals surface area contributed by atoms with E-state index >= 15 is 0 Å². The predicted octanol–water partition coefficient (Wildman–Crippen LogP) is 0.552. The van der Waals surface area contributed by atoms with Crippen LogP contribution >= 0.6 is 0 Å². The van der Waals surface area contributed by atoms with Gasteiger partial charge in [0.2, 0.25) is 10.0 Å². The van der Waals surface area contributed by atoms with E-state index in [1.807, 2.05) is 0 Å². The van der Waals surface area contributed by atoms with Gasteiger partial charge in [-0.3, -0.25) is 0 Å². The summed E-state index contributed by atoms with van der Waals surface area (Å²) in [6, 6.07) is 0.482. The molecule has 2 fully saturated rings. The molecule has 5 heteroatoms. The second kappa shape index (κ2) is 4.39. The van der Waals surface area contributed by atoms with Gasteiger partial charge in [0.05, 0.1) is 5.75 Å². The van der Waals surface area contributed by atoms with Gasteiger partial charge < -0.3 is 5.32 Å². The van der Waals surface area contributed by atoms with Gasteiger partial charge in [-0.1, -0.05) is 0 Å². The molecule has 2 heterocycles. The average molecular weight is 232 g/mol. The summed E-state index contributed by atoms with van der Waals surface area (Å²) in [5.74, 6) is 0.343. The SMILES string of the molecule is CC1NCCCC1N1CCCCS1(=O)=O. The van der Waals surface area contributed by atoms with E-state index in [0.717, 1.165) is 38.8 Å². The Morgan fingerprint density at radius 2 is 2.07 bits per heavy atom. The summed E-state index contributed by atoms with van der Waals surface area (Å²) in [4.78, 5) is 0. The van der Waals surface area contributed by atoms with Crippen molar-refractivity contribution < 1.29 is 8.42 Å². The highest BCUT2D eigenvalue weighted by Crippen LogP contribution is 2.23. The molecule has 0 aromatic rings. The zero-order valence-corrected chi connectivity index (χ0v) is 10.1. The third-order valence-corrected chi connectivity index (χ3v) is 5.45. The zero-order chi connectivity index (χ0) is 10.9. The Kier molecular flexibility index (Phi) is 3.33. The maximum Gasteiger partial charge on any atom is 0.214 e. The molecule has 0 aromatic carbocycles. The van der Waals surface area contributed by atoms with Crippen LogP contribution in [0.4, 0.5) is 0 Å². The lowest BCUT2D eigenvalue weighted by Crippen LogP contribution is -2.55. The minimum atomic E-state index is -2.96. The van der Waals surface area contributed by atoms with Crippen LogP contribution in [0.15, 0.2) is 0 Å². The first-order valence-corrected chi connectivity index (χ1v) is 7.45. The smallest absolute Gasteiger partial charge is 0.214 e. The molecule has 0 amide bonds. The van der Waals surface area contributed by atoms with E-state index in [2.05, 4.69) is 12.2 Å². The van der Waals surface area contributed by atoms with Gasteiger partial charge in [0, 0.05) is 18.6 Å². The van der Waals surface area contributed by atoms with E-state index in [4.69, 9.17) is 0 Å². The molecule has 1 N–H and O–H groups in total. The van der Waals surface area contributed by atoms with Gasteiger partial charge >= 0.3 is 0 Å². The van der Waals surface area contributed by atoms with Gasteiger partial charge in [0.15, 0.2) is 0 Å². The normalized spacial score (nSPS) is 37.7. The number of nitrogens with one attached hydrogen (secondary N) is 1. The molecule has 2 aliphatic heterocycles. The maximum absolute atomic E-state index is 11.9. The van der Waals surface area contributed by atoms with Gasteiger partial charge in [-0.25, -0.2) is 8.42 Å². The van der Waals surface area contributed by atoms with E-state index in [1.165, 1.54) is 0 Å². The Bertz CT molecular complexity index is 315. The summed E-state index contributed by atoms with van der Waals surface area (Å²) < 4.78 is 25.6. The summed E-state index contributed by atoms with van der Waals surface area (Å²) in [7, 11) is -2.96. The third kappa shape index (κ3) is 2.34. The monoisotopic (exact) mass is 232 g/mol. The van der Waals surface area contributed by atoms with Crippen LogP contribution in [0.2, 0.25) is 0 Å². The van der Waals surface area contributed by atoms with Gasteiger partial charge in [-0.2, -0.15) is 4.31 Å². The first-order chi connectivity index (χ1) is 7.11. The Labute approximate surface area is 92.1 Å². The number of rotatable bonds is 1. The molecule has 4 nitrogen and oxygen atoms in total. The fourth-order valence-corrected chi connectivity index (χ4v) is 4.51. The molecule has 0 radical (unpaired) electrons. The van der Waals surface area contributed by atoms with Crippen LogP contribution in [0.5, 0.6) is 0 Å². The van der Waals surface area contributed by atoms with E-state index in [9.17, 15) is 8.42 Å². The van der Waals surface area contributed by atoms with E-state index in [0.29, 0.717) is 11.8 Å². The summed E-state index contributed by atoms with van der Waals surface area (Å²) in [5.41, 5.74) is 0. The third-order valence-electron chi connectivity index (χ3n) is 3.48. The molecular weight excluding hydrogens is 212 g/mol. The zero-order valence-electron chi connectivity index (χ0n) is 9.28. The molecule has 88 valence electrons. The van der Waals surface area contributed by atoms with Gasteiger partial charge in [0.1, 0.15) is 0 Å². The van der Waals surface area contributed by atoms with E-state index < -0.39 is 10.0 Å². The van der Waals surface area contributed by atoms with Crippen LogP contribution in [0.25, 0.3) is 0 Å². The van der Waals surface area contributed by atoms with Crippen molar-refractivity contribution in [3.05, 3.63) is 0 Å². The van der Waals surface area contributed by atoms with Crippen molar-refractivity contribution in [1.29, 1.82) is 0 Å². The first kappa shape index (κ1) is 11.4. The number of piperidine rings is 1. The Balaban J connectivity index is 2.13. The lowest BCUT2D eigenvalue weighted by molar-refractivity contribution is 0.210. The number of hydrogen-bond donors (Lipinski definition) is 1. The fraction of sp³-hybridized carbons (Fsp3) is 1.00. The maximum atomic E-state index is 11.9. The Hall–Kier alpha value is -0.130. The minimum Gasteiger partial charge on any atom is -0.313 e. The highest BCUT2D eigenvalue weighted by Gasteiger charge is 2.35. The summed E-state index contributed by atoms with van der Waals surface area (Å²) in [6.07, 6.45) is 3.93. The van der Waals surface area contributed by atoms with Crippen molar-refractivity contribution in [2.24, 2.45) is 0 Å². The van der Waals surface area contributed by atoms with Crippen LogP contribution in [0, 0.1) is 0 Å². The largest absolute Gasteiger partial charge is 0.313 e. The molecule has 15 heavy (non-hydrogen) atoms. The van der Waals surface area contributed by atoms with Crippen molar-refractivity contribution in [2.75, 3.05) is 18.8 Å². The van der Waals surface area contributed by atoms with Crippen molar-refractivity contribution >= 4 is 10.0 Å². The van der Waals surface area contributed by atoms with Crippen molar-refractivity contribution in [3.8, 4) is 0 Å². The Morgan fingerprint density at radius 3 is 2.73 bits per heavy atom. The number of sulfonamides is 1. The van der Waals surface area contributed by atoms with Gasteiger partial charge in [0.25, 0.3) is 0 Å². The van der Waals surface area contributed by atoms with Crippen LogP contribution < -0.4 is 5.32 Å². The van der Waals surface area contributed by atoms with Crippen molar-refractivity contribution in [3.63, 3.8) is 0 Å². The summed E-state index contributed by atoms with van der Waals surface area (Å²) in [5, 5.41) is 3.36. The molecule has 0 aromatic heterocycles. The lowest BCUT2D eigenvalue weighted by atomic mass is 10.00. The second-order valence-electron chi connectivity index (χ2n) is 4.59. The quantitative estimate of drug-likeness (QED) is 0.718. The predicted molar refractivity (Wildman–Crippen MR) is 60.2 cm³/mol. The average Bonchev–Trinajstić information content (AvgIpc) is 2.19. The molecule has 0 bridgehead atoms.